The third-order valence-electron chi connectivity index (χ3n) is 9.68. The number of unbranched alkanes of at least 4 members (excludes halogenated alkanes) is 3. The van der Waals surface area contributed by atoms with Crippen molar-refractivity contribution in [2.24, 2.45) is 0 Å². The van der Waals surface area contributed by atoms with E-state index in [2.05, 4.69) is 5.32 Å². The van der Waals surface area contributed by atoms with E-state index in [0.29, 0.717) is 30.5 Å². The quantitative estimate of drug-likeness (QED) is 0.0664. The van der Waals surface area contributed by atoms with Gasteiger partial charge in [0.05, 0.1) is 36.9 Å². The minimum absolute atomic E-state index is 0.0241. The van der Waals surface area contributed by atoms with Crippen LogP contribution in [0, 0.1) is 17.5 Å². The van der Waals surface area contributed by atoms with Gasteiger partial charge in [0.1, 0.15) is 30.0 Å². The summed E-state index contributed by atoms with van der Waals surface area (Å²) in [4.78, 5) is 39.5. The van der Waals surface area contributed by atoms with Crippen molar-refractivity contribution in [1.82, 2.24) is 5.32 Å². The Morgan fingerprint density at radius 2 is 1.63 bits per heavy atom. The zero-order chi connectivity index (χ0) is 37.0. The lowest BCUT2D eigenvalue weighted by molar-refractivity contribution is -0.582. The highest BCUT2D eigenvalue weighted by molar-refractivity contribution is 7.71. The molecule has 0 spiro atoms. The average molecular weight is 763 g/mol. The van der Waals surface area contributed by atoms with Crippen LogP contribution < -0.4 is 15.5 Å². The Hall–Kier alpha value is -3.74. The number of nitrogens with one attached hydrogen (secondary N) is 1. The van der Waals surface area contributed by atoms with Gasteiger partial charge in [0.15, 0.2) is 11.6 Å². The van der Waals surface area contributed by atoms with Gasteiger partial charge in [-0.2, -0.15) is 0 Å². The van der Waals surface area contributed by atoms with Gasteiger partial charge >= 0.3 is 5.97 Å². The average Bonchev–Trinajstić information content (AvgIpc) is 3.06. The number of benzene rings is 2. The monoisotopic (exact) mass is 762 g/mol. The number of amides is 1. The molecule has 15 heteroatoms. The molecule has 0 aromatic heterocycles. The first-order valence-electron chi connectivity index (χ1n) is 17.5. The first-order chi connectivity index (χ1) is 25.1. The minimum atomic E-state index is -4.39. The molecule has 2 aromatic rings. The second-order valence-electron chi connectivity index (χ2n) is 13.0. The van der Waals surface area contributed by atoms with Crippen molar-refractivity contribution in [3.63, 3.8) is 0 Å². The molecule has 3 heterocycles. The Bertz CT molecular complexity index is 1940. The number of carboxylic acid groups (broad SMARTS) is 1. The van der Waals surface area contributed by atoms with Crippen LogP contribution >= 0.6 is 19.0 Å². The van der Waals surface area contributed by atoms with Crippen LogP contribution in [0.5, 0.6) is 0 Å². The van der Waals surface area contributed by atoms with Gasteiger partial charge < -0.3 is 29.7 Å². The summed E-state index contributed by atoms with van der Waals surface area (Å²) in [7, 11) is -4.39. The molecule has 2 aromatic carbocycles. The summed E-state index contributed by atoms with van der Waals surface area (Å²) >= 11 is 5.67. The number of hydrogen-bond acceptors (Lipinski definition) is 6. The van der Waals surface area contributed by atoms with Crippen LogP contribution in [0.2, 0.25) is 0 Å². The number of aromatic carboxylic acids is 1. The van der Waals surface area contributed by atoms with Gasteiger partial charge in [0.2, 0.25) is 5.71 Å². The summed E-state index contributed by atoms with van der Waals surface area (Å²) in [6.45, 7) is 3.70. The number of carbonyl (C=O) groups excluding carboxylic acids is 1. The van der Waals surface area contributed by atoms with E-state index in [1.807, 2.05) is 9.48 Å². The van der Waals surface area contributed by atoms with E-state index in [4.69, 9.17) is 21.1 Å². The number of anilines is 1. The van der Waals surface area contributed by atoms with Gasteiger partial charge in [-0.1, -0.05) is 18.9 Å². The SMILES string of the molecule is O=C(NCCOCCOCCCCCCCl)c1c(F)c(F)c(C(=O)O)c(C2=C3C=CC(=[N+]4CCC4)C=C3P(=O)(O)c3cc(N4CCC4)ccc32)c1F. The molecule has 2 fully saturated rings. The zero-order valence-electron chi connectivity index (χ0n) is 28.6. The van der Waals surface area contributed by atoms with Gasteiger partial charge in [-0.05, 0) is 48.6 Å². The maximum atomic E-state index is 16.8. The van der Waals surface area contributed by atoms with E-state index in [0.717, 1.165) is 64.7 Å². The Balaban J connectivity index is 1.33. The predicted molar refractivity (Wildman–Crippen MR) is 192 cm³/mol. The second kappa shape index (κ2) is 16.5. The highest BCUT2D eigenvalue weighted by Gasteiger charge is 2.44. The number of allylic oxidation sites excluding steroid dienone is 5. The number of carbonyl (C=O) groups is 2. The van der Waals surface area contributed by atoms with Gasteiger partial charge in [-0.3, -0.25) is 9.36 Å². The normalized spacial score (nSPS) is 19.2. The van der Waals surface area contributed by atoms with Gasteiger partial charge in [-0.15, -0.1) is 11.6 Å². The van der Waals surface area contributed by atoms with Crippen molar-refractivity contribution in [2.45, 2.75) is 38.5 Å². The molecule has 1 aliphatic carbocycles. The molecule has 3 aliphatic heterocycles. The molecular formula is C37H41ClF3N3O7P+. The van der Waals surface area contributed by atoms with E-state index in [-0.39, 0.29) is 47.1 Å². The molecular weight excluding hydrogens is 722 g/mol. The van der Waals surface area contributed by atoms with Gasteiger partial charge in [-0.25, -0.2) is 22.5 Å². The van der Waals surface area contributed by atoms with Crippen LogP contribution in [-0.4, -0.2) is 97.2 Å². The lowest BCUT2D eigenvalue weighted by atomic mass is 9.85. The van der Waals surface area contributed by atoms with Crippen molar-refractivity contribution in [2.75, 3.05) is 69.9 Å². The van der Waals surface area contributed by atoms with Crippen LogP contribution in [0.15, 0.2) is 47.3 Å². The van der Waals surface area contributed by atoms with Crippen LogP contribution in [0.4, 0.5) is 18.9 Å². The molecule has 0 radical (unpaired) electrons. The van der Waals surface area contributed by atoms with Crippen LogP contribution in [0.25, 0.3) is 5.57 Å². The van der Waals surface area contributed by atoms with Crippen molar-refractivity contribution >= 4 is 53.1 Å². The van der Waals surface area contributed by atoms with E-state index >= 15 is 13.2 Å². The van der Waals surface area contributed by atoms with Crippen molar-refractivity contribution in [3.8, 4) is 0 Å². The molecule has 6 rings (SSSR count). The summed E-state index contributed by atoms with van der Waals surface area (Å²) in [6, 6.07) is 4.62. The molecule has 2 saturated heterocycles. The number of hydrogen-bond donors (Lipinski definition) is 3. The lowest BCUT2D eigenvalue weighted by Gasteiger charge is -2.36. The van der Waals surface area contributed by atoms with E-state index < -0.39 is 53.4 Å². The Morgan fingerprint density at radius 3 is 2.29 bits per heavy atom. The van der Waals surface area contributed by atoms with Crippen molar-refractivity contribution in [1.29, 1.82) is 0 Å². The summed E-state index contributed by atoms with van der Waals surface area (Å²) in [5.41, 5.74) is -2.57. The molecule has 52 heavy (non-hydrogen) atoms. The number of carboxylic acids is 1. The predicted octanol–water partition coefficient (Wildman–Crippen LogP) is 5.60. The third kappa shape index (κ3) is 7.52. The summed E-state index contributed by atoms with van der Waals surface area (Å²) in [6.07, 6.45) is 10.3. The fraction of sp³-hybridized carbons (Fsp3) is 0.432. The van der Waals surface area contributed by atoms with Crippen LogP contribution in [0.1, 0.15) is 70.4 Å². The summed E-state index contributed by atoms with van der Waals surface area (Å²) in [5.74, 6) is -8.20. The highest BCUT2D eigenvalue weighted by Crippen LogP contribution is 2.60. The number of nitrogens with zero attached hydrogens (tertiary/aromatic N) is 2. The molecule has 4 aliphatic rings. The van der Waals surface area contributed by atoms with Crippen molar-refractivity contribution in [3.05, 3.63) is 87.0 Å². The summed E-state index contributed by atoms with van der Waals surface area (Å²) in [5, 5.41) is 12.3. The largest absolute Gasteiger partial charge is 0.478 e. The molecule has 0 bridgehead atoms. The third-order valence-corrected chi connectivity index (χ3v) is 12.0. The lowest BCUT2D eigenvalue weighted by Crippen LogP contribution is -2.37. The fourth-order valence-electron chi connectivity index (χ4n) is 6.65. The van der Waals surface area contributed by atoms with E-state index in [9.17, 15) is 24.2 Å². The minimum Gasteiger partial charge on any atom is -0.478 e. The maximum Gasteiger partial charge on any atom is 0.339 e. The molecule has 1 unspecified atom stereocenters. The highest BCUT2D eigenvalue weighted by atomic mass is 35.5. The topological polar surface area (TPSA) is 128 Å². The Kier molecular flexibility index (Phi) is 12.1. The Morgan fingerprint density at radius 1 is 0.923 bits per heavy atom. The second-order valence-corrected chi connectivity index (χ2v) is 15.5. The van der Waals surface area contributed by atoms with E-state index in [1.165, 1.54) is 24.3 Å². The van der Waals surface area contributed by atoms with E-state index in [1.54, 1.807) is 12.1 Å². The molecule has 0 saturated carbocycles. The van der Waals surface area contributed by atoms with Gasteiger partial charge in [0, 0.05) is 61.1 Å². The van der Waals surface area contributed by atoms with Gasteiger partial charge in [0.25, 0.3) is 13.3 Å². The van der Waals surface area contributed by atoms with Crippen LogP contribution in [0.3, 0.4) is 0 Å². The number of rotatable bonds is 16. The number of fused-ring (bicyclic) bond motifs is 2. The fourth-order valence-corrected chi connectivity index (χ4v) is 8.73. The standard InChI is InChI=1S/C37H40ClF3N3O7P/c38-11-3-1-2-4-17-50-19-20-51-18-12-42-36(45)32-33(39)30(31(37(46)47)34(40)35(32)41)29-25-9-7-23(43-13-5-14-43)21-27(25)52(48,49)28-22-24(8-10-26(28)29)44-15-6-16-44/h7-10,21-22H,1-6,11-20H2,(H2-,42,45,46,47,48,49)/p+1. The molecule has 278 valence electrons. The molecule has 1 atom stereocenters. The first kappa shape index (κ1) is 38.0. The molecule has 3 N–H and O–H groups in total. The number of ether oxygens (including phenoxy) is 2. The van der Waals surface area contributed by atoms with Crippen LogP contribution in [-0.2, 0) is 14.0 Å². The first-order valence-corrected chi connectivity index (χ1v) is 19.7. The number of alkyl halides is 1. The Labute approximate surface area is 304 Å². The number of halogens is 4. The molecule has 10 nitrogen and oxygen atoms in total. The summed E-state index contributed by atoms with van der Waals surface area (Å²) < 4.78 is 75.4. The van der Waals surface area contributed by atoms with Crippen molar-refractivity contribution < 1.29 is 51.4 Å². The zero-order valence-corrected chi connectivity index (χ0v) is 30.2. The molecule has 1 amide bonds. The maximum absolute atomic E-state index is 16.8. The smallest absolute Gasteiger partial charge is 0.339 e.